The van der Waals surface area contributed by atoms with Gasteiger partial charge in [0, 0.05) is 12.1 Å². The van der Waals surface area contributed by atoms with Gasteiger partial charge in [-0.15, -0.1) is 0 Å². The monoisotopic (exact) mass is 277 g/mol. The zero-order chi connectivity index (χ0) is 13.1. The van der Waals surface area contributed by atoms with Crippen LogP contribution in [0.1, 0.15) is 17.7 Å². The van der Waals surface area contributed by atoms with Gasteiger partial charge in [0.15, 0.2) is 5.76 Å². The zero-order valence-electron chi connectivity index (χ0n) is 11.1. The number of nitrogens with zero attached hydrogens (tertiary/aromatic N) is 1. The van der Waals surface area contributed by atoms with Crippen LogP contribution in [0.15, 0.2) is 22.7 Å². The van der Waals surface area contributed by atoms with Gasteiger partial charge in [0.25, 0.3) is 0 Å². The summed E-state index contributed by atoms with van der Waals surface area (Å²) in [7, 11) is 0. The topological polar surface area (TPSA) is 53.9 Å². The molecule has 2 aromatic rings. The van der Waals surface area contributed by atoms with Gasteiger partial charge < -0.3 is 9.73 Å². The van der Waals surface area contributed by atoms with E-state index in [2.05, 4.69) is 27.3 Å². The number of rotatable bonds is 5. The van der Waals surface area contributed by atoms with Crippen molar-refractivity contribution < 1.29 is 4.42 Å². The van der Waals surface area contributed by atoms with E-state index in [1.165, 1.54) is 23.5 Å². The second-order valence-corrected chi connectivity index (χ2v) is 6.19. The Labute approximate surface area is 117 Å². The molecule has 1 atom stereocenters. The number of thioether (sulfide) groups is 1. The predicted molar refractivity (Wildman–Crippen MR) is 78.2 cm³/mol. The molecule has 1 aliphatic heterocycles. The quantitative estimate of drug-likeness (QED) is 0.882. The molecule has 0 aromatic carbocycles. The number of aromatic nitrogens is 2. The minimum absolute atomic E-state index is 0.825. The Morgan fingerprint density at radius 1 is 1.53 bits per heavy atom. The molecule has 5 heteroatoms. The fraction of sp³-hybridized carbons (Fsp3) is 0.500. The van der Waals surface area contributed by atoms with Crippen LogP contribution in [-0.2, 0) is 6.54 Å². The van der Waals surface area contributed by atoms with Crippen molar-refractivity contribution in [1.82, 2.24) is 15.5 Å². The molecular formula is C14H19N3OS. The van der Waals surface area contributed by atoms with Crippen molar-refractivity contribution in [2.24, 2.45) is 5.92 Å². The average Bonchev–Trinajstić information content (AvgIpc) is 3.10. The minimum Gasteiger partial charge on any atom is -0.460 e. The first kappa shape index (κ1) is 12.8. The van der Waals surface area contributed by atoms with Crippen molar-refractivity contribution in [3.8, 4) is 11.5 Å². The molecule has 3 rings (SSSR count). The number of hydrogen-bond acceptors (Lipinski definition) is 4. The molecule has 0 spiro atoms. The Kier molecular flexibility index (Phi) is 3.94. The summed E-state index contributed by atoms with van der Waals surface area (Å²) in [6, 6.07) is 3.96. The second-order valence-electron chi connectivity index (χ2n) is 5.04. The molecule has 102 valence electrons. The van der Waals surface area contributed by atoms with Crippen molar-refractivity contribution in [3.63, 3.8) is 0 Å². The third-order valence-corrected chi connectivity index (χ3v) is 4.71. The van der Waals surface area contributed by atoms with Crippen LogP contribution in [0.5, 0.6) is 0 Å². The lowest BCUT2D eigenvalue weighted by molar-refractivity contribution is 0.521. The Balaban J connectivity index is 1.60. The van der Waals surface area contributed by atoms with E-state index in [1.807, 2.05) is 25.3 Å². The van der Waals surface area contributed by atoms with E-state index in [0.717, 1.165) is 36.2 Å². The maximum absolute atomic E-state index is 5.65. The summed E-state index contributed by atoms with van der Waals surface area (Å²) in [5.41, 5.74) is 2.15. The smallest absolute Gasteiger partial charge is 0.152 e. The summed E-state index contributed by atoms with van der Waals surface area (Å²) in [6.45, 7) is 3.89. The lowest BCUT2D eigenvalue weighted by Gasteiger charge is -2.09. The lowest BCUT2D eigenvalue weighted by Crippen LogP contribution is -2.22. The van der Waals surface area contributed by atoms with Crippen LogP contribution in [0.25, 0.3) is 11.5 Å². The standard InChI is InChI=1S/C14H19N3OS/c1-10-2-3-13(18-10)14-12(8-16-17-14)7-15-6-11-4-5-19-9-11/h2-3,8,11,15H,4-7,9H2,1H3,(H,16,17). The minimum atomic E-state index is 0.825. The number of H-pyrrole nitrogens is 1. The van der Waals surface area contributed by atoms with E-state index in [-0.39, 0.29) is 0 Å². The van der Waals surface area contributed by atoms with E-state index < -0.39 is 0 Å². The van der Waals surface area contributed by atoms with Crippen LogP contribution in [0, 0.1) is 12.8 Å². The molecule has 1 saturated heterocycles. The van der Waals surface area contributed by atoms with Gasteiger partial charge in [-0.25, -0.2) is 0 Å². The van der Waals surface area contributed by atoms with Crippen molar-refractivity contribution in [3.05, 3.63) is 29.7 Å². The first-order chi connectivity index (χ1) is 9.33. The van der Waals surface area contributed by atoms with Crippen LogP contribution in [0.3, 0.4) is 0 Å². The molecule has 2 aromatic heterocycles. The Bertz CT molecular complexity index is 528. The van der Waals surface area contributed by atoms with E-state index in [1.54, 1.807) is 0 Å². The number of aryl methyl sites for hydroxylation is 1. The number of furan rings is 1. The van der Waals surface area contributed by atoms with Crippen LogP contribution < -0.4 is 5.32 Å². The molecule has 1 aliphatic rings. The zero-order valence-corrected chi connectivity index (χ0v) is 11.9. The molecule has 0 aliphatic carbocycles. The molecule has 3 heterocycles. The molecular weight excluding hydrogens is 258 g/mol. The van der Waals surface area contributed by atoms with Crippen LogP contribution in [-0.4, -0.2) is 28.2 Å². The maximum Gasteiger partial charge on any atom is 0.152 e. The van der Waals surface area contributed by atoms with Gasteiger partial charge >= 0.3 is 0 Å². The van der Waals surface area contributed by atoms with Crippen molar-refractivity contribution >= 4 is 11.8 Å². The number of hydrogen-bond donors (Lipinski definition) is 2. The van der Waals surface area contributed by atoms with Crippen LogP contribution in [0.2, 0.25) is 0 Å². The van der Waals surface area contributed by atoms with E-state index in [0.29, 0.717) is 0 Å². The third kappa shape index (κ3) is 3.04. The van der Waals surface area contributed by atoms with Crippen molar-refractivity contribution in [1.29, 1.82) is 0 Å². The van der Waals surface area contributed by atoms with Gasteiger partial charge in [-0.05, 0) is 49.4 Å². The molecule has 0 bridgehead atoms. The molecule has 1 fully saturated rings. The van der Waals surface area contributed by atoms with Gasteiger partial charge in [-0.3, -0.25) is 5.10 Å². The number of nitrogens with one attached hydrogen (secondary N) is 2. The molecule has 0 saturated carbocycles. The first-order valence-electron chi connectivity index (χ1n) is 6.70. The lowest BCUT2D eigenvalue weighted by atomic mass is 10.1. The second kappa shape index (κ2) is 5.84. The van der Waals surface area contributed by atoms with E-state index >= 15 is 0 Å². The summed E-state index contributed by atoms with van der Waals surface area (Å²) in [5.74, 6) is 5.22. The highest BCUT2D eigenvalue weighted by Crippen LogP contribution is 2.24. The van der Waals surface area contributed by atoms with E-state index in [9.17, 15) is 0 Å². The highest BCUT2D eigenvalue weighted by atomic mass is 32.2. The maximum atomic E-state index is 5.65. The molecule has 2 N–H and O–H groups in total. The Morgan fingerprint density at radius 2 is 2.47 bits per heavy atom. The van der Waals surface area contributed by atoms with Gasteiger partial charge in [0.1, 0.15) is 11.5 Å². The highest BCUT2D eigenvalue weighted by molar-refractivity contribution is 7.99. The molecule has 0 amide bonds. The average molecular weight is 277 g/mol. The summed E-state index contributed by atoms with van der Waals surface area (Å²) in [5, 5.41) is 10.7. The van der Waals surface area contributed by atoms with Crippen LogP contribution >= 0.6 is 11.8 Å². The fourth-order valence-corrected chi connectivity index (χ4v) is 3.67. The van der Waals surface area contributed by atoms with Gasteiger partial charge in [-0.2, -0.15) is 16.9 Å². The molecule has 4 nitrogen and oxygen atoms in total. The Hall–Kier alpha value is -1.20. The first-order valence-corrected chi connectivity index (χ1v) is 7.86. The number of aromatic amines is 1. The molecule has 19 heavy (non-hydrogen) atoms. The van der Waals surface area contributed by atoms with Gasteiger partial charge in [0.2, 0.25) is 0 Å². The summed E-state index contributed by atoms with van der Waals surface area (Å²) < 4.78 is 5.65. The summed E-state index contributed by atoms with van der Waals surface area (Å²) in [6.07, 6.45) is 3.22. The predicted octanol–water partition coefficient (Wildman–Crippen LogP) is 2.82. The fourth-order valence-electron chi connectivity index (χ4n) is 2.38. The van der Waals surface area contributed by atoms with Crippen molar-refractivity contribution in [2.45, 2.75) is 19.9 Å². The molecule has 0 radical (unpaired) electrons. The highest BCUT2D eigenvalue weighted by Gasteiger charge is 2.16. The van der Waals surface area contributed by atoms with E-state index in [4.69, 9.17) is 4.42 Å². The van der Waals surface area contributed by atoms with Gasteiger partial charge in [-0.1, -0.05) is 0 Å². The van der Waals surface area contributed by atoms with Crippen molar-refractivity contribution in [2.75, 3.05) is 18.1 Å². The van der Waals surface area contributed by atoms with Gasteiger partial charge in [0.05, 0.1) is 6.20 Å². The summed E-state index contributed by atoms with van der Waals surface area (Å²) >= 11 is 2.06. The SMILES string of the molecule is Cc1ccc(-c2[nH]ncc2CNCC2CCSC2)o1. The third-order valence-electron chi connectivity index (χ3n) is 3.48. The largest absolute Gasteiger partial charge is 0.460 e. The Morgan fingerprint density at radius 3 is 3.21 bits per heavy atom. The molecule has 1 unspecified atom stereocenters. The van der Waals surface area contributed by atoms with Crippen LogP contribution in [0.4, 0.5) is 0 Å². The normalized spacial score (nSPS) is 19.1. The summed E-state index contributed by atoms with van der Waals surface area (Å²) in [4.78, 5) is 0.